The van der Waals surface area contributed by atoms with E-state index in [1.807, 2.05) is 24.3 Å². The summed E-state index contributed by atoms with van der Waals surface area (Å²) in [6, 6.07) is 7.50. The highest BCUT2D eigenvalue weighted by Crippen LogP contribution is 2.05. The molecule has 12 heavy (non-hydrogen) atoms. The van der Waals surface area contributed by atoms with Crippen LogP contribution in [0.25, 0.3) is 11.0 Å². The maximum absolute atomic E-state index is 4.46. The van der Waals surface area contributed by atoms with E-state index in [1.54, 1.807) is 0 Å². The Morgan fingerprint density at radius 2 is 1.50 bits per heavy atom. The van der Waals surface area contributed by atoms with Gasteiger partial charge in [0.15, 0.2) is 0 Å². The lowest BCUT2D eigenvalue weighted by Gasteiger charge is -1.76. The number of rotatable bonds is 0. The van der Waals surface area contributed by atoms with E-state index in [9.17, 15) is 0 Å². The minimum absolute atomic E-state index is 0.803. The van der Waals surface area contributed by atoms with Crippen molar-refractivity contribution in [1.82, 2.24) is 10.3 Å². The standard InChI is InChI=1S/C6H4N2O.C3H8/c1-2-4-6-5(3-1)7-9-8-6;1-3-2/h1-4H;3H2,1-2H3. The molecule has 0 amide bonds. The number of hydrogen-bond donors (Lipinski definition) is 0. The van der Waals surface area contributed by atoms with Crippen LogP contribution in [-0.2, 0) is 0 Å². The molecule has 0 radical (unpaired) electrons. The van der Waals surface area contributed by atoms with E-state index in [2.05, 4.69) is 28.8 Å². The average molecular weight is 164 g/mol. The second-order valence-corrected chi connectivity index (χ2v) is 2.46. The average Bonchev–Trinajstić information content (AvgIpc) is 2.52. The maximum Gasteiger partial charge on any atom is 0.135 e. The Kier molecular flexibility index (Phi) is 3.26. The molecule has 1 aromatic carbocycles. The summed E-state index contributed by atoms with van der Waals surface area (Å²) in [5.41, 5.74) is 1.61. The van der Waals surface area contributed by atoms with Gasteiger partial charge in [0.2, 0.25) is 0 Å². The summed E-state index contributed by atoms with van der Waals surface area (Å²) in [5, 5.41) is 7.27. The molecule has 1 aromatic heterocycles. The van der Waals surface area contributed by atoms with E-state index >= 15 is 0 Å². The Hall–Kier alpha value is -1.38. The van der Waals surface area contributed by atoms with Crippen LogP contribution in [0.1, 0.15) is 20.3 Å². The fraction of sp³-hybridized carbons (Fsp3) is 0.333. The van der Waals surface area contributed by atoms with Crippen LogP contribution in [0.15, 0.2) is 28.9 Å². The van der Waals surface area contributed by atoms with Crippen molar-refractivity contribution in [3.05, 3.63) is 24.3 Å². The molecule has 64 valence electrons. The van der Waals surface area contributed by atoms with Gasteiger partial charge in [0.25, 0.3) is 0 Å². The second-order valence-electron chi connectivity index (χ2n) is 2.46. The number of aromatic nitrogens is 2. The molecular formula is C9H12N2O. The molecule has 0 bridgehead atoms. The molecule has 2 aromatic rings. The zero-order valence-corrected chi connectivity index (χ0v) is 7.32. The van der Waals surface area contributed by atoms with Crippen LogP contribution in [0, 0.1) is 0 Å². The lowest BCUT2D eigenvalue weighted by atomic mass is 10.3. The zero-order chi connectivity index (χ0) is 8.81. The molecule has 0 spiro atoms. The largest absolute Gasteiger partial charge is 0.243 e. The Morgan fingerprint density at radius 3 is 1.92 bits per heavy atom. The smallest absolute Gasteiger partial charge is 0.135 e. The van der Waals surface area contributed by atoms with Crippen LogP contribution in [0.5, 0.6) is 0 Å². The third-order valence-corrected chi connectivity index (χ3v) is 1.16. The van der Waals surface area contributed by atoms with Crippen LogP contribution >= 0.6 is 0 Å². The van der Waals surface area contributed by atoms with Crippen molar-refractivity contribution in [3.8, 4) is 0 Å². The molecule has 2 rings (SSSR count). The molecule has 0 aliphatic carbocycles. The van der Waals surface area contributed by atoms with Gasteiger partial charge >= 0.3 is 0 Å². The van der Waals surface area contributed by atoms with Gasteiger partial charge < -0.3 is 0 Å². The normalized spacial score (nSPS) is 9.17. The first-order valence-corrected chi connectivity index (χ1v) is 4.05. The monoisotopic (exact) mass is 164 g/mol. The van der Waals surface area contributed by atoms with E-state index < -0.39 is 0 Å². The molecule has 0 aliphatic heterocycles. The van der Waals surface area contributed by atoms with Crippen molar-refractivity contribution in [2.45, 2.75) is 20.3 Å². The number of hydrogen-bond acceptors (Lipinski definition) is 3. The number of fused-ring (bicyclic) bond motifs is 1. The maximum atomic E-state index is 4.46. The number of nitrogens with zero attached hydrogens (tertiary/aromatic N) is 2. The Morgan fingerprint density at radius 1 is 1.08 bits per heavy atom. The summed E-state index contributed by atoms with van der Waals surface area (Å²) in [5.74, 6) is 0. The molecular weight excluding hydrogens is 152 g/mol. The molecule has 3 heteroatoms. The van der Waals surface area contributed by atoms with E-state index in [0.29, 0.717) is 0 Å². The van der Waals surface area contributed by atoms with Crippen molar-refractivity contribution < 1.29 is 4.63 Å². The van der Waals surface area contributed by atoms with Crippen molar-refractivity contribution in [2.75, 3.05) is 0 Å². The summed E-state index contributed by atoms with van der Waals surface area (Å²) in [7, 11) is 0. The summed E-state index contributed by atoms with van der Waals surface area (Å²) in [4.78, 5) is 0. The van der Waals surface area contributed by atoms with Crippen molar-refractivity contribution in [2.24, 2.45) is 0 Å². The fourth-order valence-electron chi connectivity index (χ4n) is 0.727. The van der Waals surface area contributed by atoms with Crippen LogP contribution in [0.4, 0.5) is 0 Å². The lowest BCUT2D eigenvalue weighted by Crippen LogP contribution is -1.63. The van der Waals surface area contributed by atoms with Crippen molar-refractivity contribution in [1.29, 1.82) is 0 Å². The highest BCUT2D eigenvalue weighted by Gasteiger charge is 1.93. The Labute approximate surface area is 71.4 Å². The van der Waals surface area contributed by atoms with Gasteiger partial charge in [-0.05, 0) is 22.4 Å². The molecule has 3 nitrogen and oxygen atoms in total. The minimum Gasteiger partial charge on any atom is -0.243 e. The van der Waals surface area contributed by atoms with E-state index in [1.165, 1.54) is 6.42 Å². The minimum atomic E-state index is 0.803. The van der Waals surface area contributed by atoms with Gasteiger partial charge in [-0.1, -0.05) is 32.4 Å². The highest BCUT2D eigenvalue weighted by atomic mass is 16.6. The van der Waals surface area contributed by atoms with Gasteiger partial charge in [-0.15, -0.1) is 0 Å². The summed E-state index contributed by atoms with van der Waals surface area (Å²) < 4.78 is 4.46. The van der Waals surface area contributed by atoms with Gasteiger partial charge in [0.05, 0.1) is 0 Å². The quantitative estimate of drug-likeness (QED) is 0.600. The van der Waals surface area contributed by atoms with Crippen molar-refractivity contribution >= 4 is 11.0 Å². The molecule has 0 saturated carbocycles. The third-order valence-electron chi connectivity index (χ3n) is 1.16. The van der Waals surface area contributed by atoms with Gasteiger partial charge in [-0.3, -0.25) is 0 Å². The zero-order valence-electron chi connectivity index (χ0n) is 7.32. The van der Waals surface area contributed by atoms with Gasteiger partial charge in [0.1, 0.15) is 11.0 Å². The highest BCUT2D eigenvalue weighted by molar-refractivity contribution is 5.72. The van der Waals surface area contributed by atoms with Crippen LogP contribution in [-0.4, -0.2) is 10.3 Å². The van der Waals surface area contributed by atoms with E-state index in [-0.39, 0.29) is 0 Å². The first kappa shape index (κ1) is 8.71. The van der Waals surface area contributed by atoms with Crippen LogP contribution in [0.2, 0.25) is 0 Å². The first-order valence-electron chi connectivity index (χ1n) is 4.05. The second kappa shape index (κ2) is 4.49. The topological polar surface area (TPSA) is 38.9 Å². The van der Waals surface area contributed by atoms with Gasteiger partial charge in [0, 0.05) is 0 Å². The summed E-state index contributed by atoms with van der Waals surface area (Å²) in [6.07, 6.45) is 1.25. The SMILES string of the molecule is CCC.c1ccc2nonc2c1. The summed E-state index contributed by atoms with van der Waals surface area (Å²) in [6.45, 7) is 4.25. The third kappa shape index (κ3) is 2.05. The van der Waals surface area contributed by atoms with Gasteiger partial charge in [-0.25, -0.2) is 4.63 Å². The molecule has 1 heterocycles. The van der Waals surface area contributed by atoms with Crippen molar-refractivity contribution in [3.63, 3.8) is 0 Å². The molecule has 0 fully saturated rings. The van der Waals surface area contributed by atoms with Crippen LogP contribution in [0.3, 0.4) is 0 Å². The van der Waals surface area contributed by atoms with Crippen LogP contribution < -0.4 is 0 Å². The lowest BCUT2D eigenvalue weighted by molar-refractivity contribution is 0.315. The number of benzene rings is 1. The predicted octanol–water partition coefficient (Wildman–Crippen LogP) is 2.64. The molecule has 0 N–H and O–H groups in total. The Bertz CT molecular complexity index is 300. The molecule has 0 aliphatic rings. The molecule has 0 saturated heterocycles. The molecule has 0 unspecified atom stereocenters. The van der Waals surface area contributed by atoms with E-state index in [0.717, 1.165) is 11.0 Å². The van der Waals surface area contributed by atoms with Gasteiger partial charge in [-0.2, -0.15) is 0 Å². The fourth-order valence-corrected chi connectivity index (χ4v) is 0.727. The van der Waals surface area contributed by atoms with E-state index in [4.69, 9.17) is 0 Å². The molecule has 0 atom stereocenters. The first-order chi connectivity index (χ1) is 5.88. The predicted molar refractivity (Wildman–Crippen MR) is 47.8 cm³/mol. The summed E-state index contributed by atoms with van der Waals surface area (Å²) >= 11 is 0. The Balaban J connectivity index is 0.000000213.